The number of nitrogens with zero attached hydrogens (tertiary/aromatic N) is 1. The van der Waals surface area contributed by atoms with Crippen molar-refractivity contribution in [3.63, 3.8) is 0 Å². The summed E-state index contributed by atoms with van der Waals surface area (Å²) in [6.45, 7) is 7.61. The highest BCUT2D eigenvalue weighted by Gasteiger charge is 2.32. The lowest BCUT2D eigenvalue weighted by atomic mass is 10.1. The third-order valence-electron chi connectivity index (χ3n) is 3.80. The van der Waals surface area contributed by atoms with Crippen LogP contribution in [-0.2, 0) is 14.8 Å². The van der Waals surface area contributed by atoms with Crippen molar-refractivity contribution in [2.24, 2.45) is 5.92 Å². The van der Waals surface area contributed by atoms with E-state index in [4.69, 9.17) is 23.2 Å². The summed E-state index contributed by atoms with van der Waals surface area (Å²) in [5, 5.41) is 3.48. The van der Waals surface area contributed by atoms with Crippen molar-refractivity contribution in [2.75, 3.05) is 10.6 Å². The smallest absolute Gasteiger partial charge is 0.244 e. The number of nitrogens with one attached hydrogen (secondary N) is 1. The number of benzene rings is 1. The lowest BCUT2D eigenvalue weighted by Crippen LogP contribution is -2.52. The summed E-state index contributed by atoms with van der Waals surface area (Å²) < 4.78 is 25.8. The number of amides is 1. The standard InChI is InChI=1S/C16H24Cl2N2O3S/c1-6-15(16(21)19-11(4)10(2)3)20(24(5,22)23)14-8-12(17)7-13(18)9-14/h7-11,15H,6H2,1-5H3,(H,19,21)/t11-,15+/m1/s1. The van der Waals surface area contributed by atoms with Gasteiger partial charge in [-0.25, -0.2) is 8.42 Å². The van der Waals surface area contributed by atoms with E-state index < -0.39 is 16.1 Å². The van der Waals surface area contributed by atoms with Crippen LogP contribution in [0, 0.1) is 5.92 Å². The quantitative estimate of drug-likeness (QED) is 0.766. The maximum absolute atomic E-state index is 12.6. The molecule has 1 rings (SSSR count). The molecule has 1 N–H and O–H groups in total. The minimum absolute atomic E-state index is 0.0732. The topological polar surface area (TPSA) is 66.5 Å². The zero-order valence-electron chi connectivity index (χ0n) is 14.5. The van der Waals surface area contributed by atoms with Gasteiger partial charge in [0.25, 0.3) is 0 Å². The first-order valence-electron chi connectivity index (χ1n) is 7.73. The summed E-state index contributed by atoms with van der Waals surface area (Å²) in [6, 6.07) is 3.52. The number of hydrogen-bond donors (Lipinski definition) is 1. The van der Waals surface area contributed by atoms with E-state index in [0.717, 1.165) is 10.6 Å². The van der Waals surface area contributed by atoms with Crippen LogP contribution in [0.1, 0.15) is 34.1 Å². The lowest BCUT2D eigenvalue weighted by molar-refractivity contribution is -0.123. The number of anilines is 1. The maximum Gasteiger partial charge on any atom is 0.244 e. The molecule has 0 aromatic heterocycles. The number of rotatable bonds is 7. The molecule has 1 aromatic carbocycles. The summed E-state index contributed by atoms with van der Waals surface area (Å²) in [4.78, 5) is 12.6. The Morgan fingerprint density at radius 2 is 1.67 bits per heavy atom. The minimum atomic E-state index is -3.71. The van der Waals surface area contributed by atoms with Crippen LogP contribution in [0.3, 0.4) is 0 Å². The Hall–Kier alpha value is -0.980. The minimum Gasteiger partial charge on any atom is -0.352 e. The Kier molecular flexibility index (Phi) is 7.38. The normalized spacial score (nSPS) is 14.3. The second-order valence-corrected chi connectivity index (χ2v) is 8.88. The second-order valence-electron chi connectivity index (χ2n) is 6.15. The Morgan fingerprint density at radius 1 is 1.17 bits per heavy atom. The van der Waals surface area contributed by atoms with Crippen molar-refractivity contribution in [3.05, 3.63) is 28.2 Å². The molecule has 8 heteroatoms. The lowest BCUT2D eigenvalue weighted by Gasteiger charge is -2.31. The fourth-order valence-electron chi connectivity index (χ4n) is 2.21. The molecule has 0 aliphatic rings. The first-order chi connectivity index (χ1) is 11.0. The van der Waals surface area contributed by atoms with Crippen LogP contribution in [0.2, 0.25) is 10.0 Å². The zero-order chi connectivity index (χ0) is 18.7. The third kappa shape index (κ3) is 5.53. The van der Waals surface area contributed by atoms with Gasteiger partial charge in [-0.15, -0.1) is 0 Å². The number of carbonyl (C=O) groups excluding carboxylic acids is 1. The highest BCUT2D eigenvalue weighted by atomic mass is 35.5. The molecule has 0 unspecified atom stereocenters. The molecule has 0 saturated carbocycles. The number of sulfonamides is 1. The van der Waals surface area contributed by atoms with Crippen molar-refractivity contribution in [1.82, 2.24) is 5.32 Å². The largest absolute Gasteiger partial charge is 0.352 e. The van der Waals surface area contributed by atoms with Crippen molar-refractivity contribution < 1.29 is 13.2 Å². The van der Waals surface area contributed by atoms with Crippen LogP contribution in [0.15, 0.2) is 18.2 Å². The first kappa shape index (κ1) is 21.1. The molecular formula is C16H24Cl2N2O3S. The van der Waals surface area contributed by atoms with Crippen LogP contribution in [0.4, 0.5) is 5.69 Å². The Morgan fingerprint density at radius 3 is 2.04 bits per heavy atom. The molecule has 0 bridgehead atoms. The van der Waals surface area contributed by atoms with E-state index in [1.54, 1.807) is 6.92 Å². The molecule has 0 saturated heterocycles. The third-order valence-corrected chi connectivity index (χ3v) is 5.42. The van der Waals surface area contributed by atoms with Gasteiger partial charge in [-0.2, -0.15) is 0 Å². The highest BCUT2D eigenvalue weighted by Crippen LogP contribution is 2.29. The molecule has 0 heterocycles. The van der Waals surface area contributed by atoms with Gasteiger partial charge in [-0.05, 0) is 37.5 Å². The van der Waals surface area contributed by atoms with Crippen LogP contribution >= 0.6 is 23.2 Å². The van der Waals surface area contributed by atoms with E-state index in [0.29, 0.717) is 16.5 Å². The van der Waals surface area contributed by atoms with Gasteiger partial charge in [-0.3, -0.25) is 9.10 Å². The van der Waals surface area contributed by atoms with Crippen molar-refractivity contribution in [1.29, 1.82) is 0 Å². The van der Waals surface area contributed by atoms with Crippen molar-refractivity contribution >= 4 is 44.8 Å². The molecule has 0 spiro atoms. The van der Waals surface area contributed by atoms with Gasteiger partial charge in [0.1, 0.15) is 6.04 Å². The summed E-state index contributed by atoms with van der Waals surface area (Å²) in [6.07, 6.45) is 1.37. The summed E-state index contributed by atoms with van der Waals surface area (Å²) in [7, 11) is -3.71. The molecule has 136 valence electrons. The Labute approximate surface area is 154 Å². The predicted molar refractivity (Wildman–Crippen MR) is 100 cm³/mol. The highest BCUT2D eigenvalue weighted by molar-refractivity contribution is 7.92. The predicted octanol–water partition coefficient (Wildman–Crippen LogP) is 3.70. The van der Waals surface area contributed by atoms with Gasteiger partial charge in [0.15, 0.2) is 0 Å². The molecule has 24 heavy (non-hydrogen) atoms. The van der Waals surface area contributed by atoms with Gasteiger partial charge in [0.05, 0.1) is 11.9 Å². The van der Waals surface area contributed by atoms with Crippen molar-refractivity contribution in [2.45, 2.75) is 46.2 Å². The van der Waals surface area contributed by atoms with Gasteiger partial charge < -0.3 is 5.32 Å². The van der Waals surface area contributed by atoms with Crippen LogP contribution < -0.4 is 9.62 Å². The van der Waals surface area contributed by atoms with Crippen LogP contribution in [0.5, 0.6) is 0 Å². The van der Waals surface area contributed by atoms with Crippen LogP contribution in [0.25, 0.3) is 0 Å². The van der Waals surface area contributed by atoms with Crippen LogP contribution in [-0.4, -0.2) is 32.7 Å². The Bertz CT molecular complexity index is 672. The summed E-state index contributed by atoms with van der Waals surface area (Å²) in [5.41, 5.74) is 0.272. The molecular weight excluding hydrogens is 371 g/mol. The first-order valence-corrected chi connectivity index (χ1v) is 10.3. The molecule has 0 radical (unpaired) electrons. The molecule has 5 nitrogen and oxygen atoms in total. The molecule has 1 amide bonds. The SMILES string of the molecule is CC[C@@H](C(=O)N[C@H](C)C(C)C)N(c1cc(Cl)cc(Cl)c1)S(C)(=O)=O. The average Bonchev–Trinajstić information content (AvgIpc) is 2.41. The number of hydrogen-bond acceptors (Lipinski definition) is 3. The van der Waals surface area contributed by atoms with E-state index in [1.165, 1.54) is 18.2 Å². The van der Waals surface area contributed by atoms with E-state index in [1.807, 2.05) is 20.8 Å². The number of carbonyl (C=O) groups is 1. The molecule has 2 atom stereocenters. The van der Waals surface area contributed by atoms with E-state index in [2.05, 4.69) is 5.32 Å². The number of halogens is 2. The average molecular weight is 395 g/mol. The van der Waals surface area contributed by atoms with Gasteiger partial charge in [0, 0.05) is 16.1 Å². The van der Waals surface area contributed by atoms with Gasteiger partial charge >= 0.3 is 0 Å². The maximum atomic E-state index is 12.6. The molecule has 0 fully saturated rings. The zero-order valence-corrected chi connectivity index (χ0v) is 16.8. The van der Waals surface area contributed by atoms with E-state index >= 15 is 0 Å². The van der Waals surface area contributed by atoms with E-state index in [-0.39, 0.29) is 23.6 Å². The van der Waals surface area contributed by atoms with Gasteiger partial charge in [0.2, 0.25) is 15.9 Å². The van der Waals surface area contributed by atoms with Crippen molar-refractivity contribution in [3.8, 4) is 0 Å². The fraction of sp³-hybridized carbons (Fsp3) is 0.562. The molecule has 1 aromatic rings. The second kappa shape index (κ2) is 8.41. The Balaban J connectivity index is 3.30. The van der Waals surface area contributed by atoms with E-state index in [9.17, 15) is 13.2 Å². The molecule has 0 aliphatic carbocycles. The molecule has 0 aliphatic heterocycles. The van der Waals surface area contributed by atoms with Gasteiger partial charge in [-0.1, -0.05) is 44.0 Å². The monoisotopic (exact) mass is 394 g/mol. The summed E-state index contributed by atoms with van der Waals surface area (Å²) in [5.74, 6) is -0.112. The fourth-order valence-corrected chi connectivity index (χ4v) is 3.92. The summed E-state index contributed by atoms with van der Waals surface area (Å²) >= 11 is 12.0.